The van der Waals surface area contributed by atoms with Gasteiger partial charge in [-0.05, 0) is 13.8 Å². The third-order valence-corrected chi connectivity index (χ3v) is 2.23. The maximum absolute atomic E-state index is 3.97. The molecule has 0 unspecified atom stereocenters. The van der Waals surface area contributed by atoms with Crippen LogP contribution in [0, 0.1) is 11.8 Å². The first-order chi connectivity index (χ1) is 5.88. The highest BCUT2D eigenvalue weighted by Gasteiger charge is 2.00. The van der Waals surface area contributed by atoms with Gasteiger partial charge in [0, 0.05) is 6.54 Å². The van der Waals surface area contributed by atoms with Gasteiger partial charge in [-0.25, -0.2) is 0 Å². The summed E-state index contributed by atoms with van der Waals surface area (Å²) < 4.78 is 2.00. The third-order valence-electron chi connectivity index (χ3n) is 1.37. The van der Waals surface area contributed by atoms with Crippen LogP contribution >= 0.6 is 11.8 Å². The lowest BCUT2D eigenvalue weighted by Gasteiger charge is -1.98. The molecule has 64 valence electrons. The maximum atomic E-state index is 3.97. The van der Waals surface area contributed by atoms with Gasteiger partial charge in [-0.15, -0.1) is 16.1 Å². The van der Waals surface area contributed by atoms with Crippen LogP contribution in [-0.2, 0) is 6.54 Å². The minimum absolute atomic E-state index is 0.787. The van der Waals surface area contributed by atoms with Crippen molar-refractivity contribution in [1.29, 1.82) is 0 Å². The largest absolute Gasteiger partial charge is 0.309 e. The predicted octanol–water partition coefficient (Wildman–Crippen LogP) is 1.41. The van der Waals surface area contributed by atoms with Crippen molar-refractivity contribution in [2.24, 2.45) is 0 Å². The molecule has 0 spiro atoms. The molecule has 0 saturated heterocycles. The summed E-state index contributed by atoms with van der Waals surface area (Å²) in [6.07, 6.45) is 1.74. The Bertz CT molecular complexity index is 295. The van der Waals surface area contributed by atoms with Gasteiger partial charge < -0.3 is 4.57 Å². The summed E-state index contributed by atoms with van der Waals surface area (Å²) in [6, 6.07) is 0. The molecule has 4 heteroatoms. The van der Waals surface area contributed by atoms with Gasteiger partial charge in [0.1, 0.15) is 6.33 Å². The minimum Gasteiger partial charge on any atom is -0.309 e. The molecule has 12 heavy (non-hydrogen) atoms. The van der Waals surface area contributed by atoms with Gasteiger partial charge in [-0.2, -0.15) is 0 Å². The first-order valence-corrected chi connectivity index (χ1v) is 4.77. The van der Waals surface area contributed by atoms with Crippen LogP contribution in [0.15, 0.2) is 11.5 Å². The van der Waals surface area contributed by atoms with E-state index in [9.17, 15) is 0 Å². The molecule has 0 fully saturated rings. The van der Waals surface area contributed by atoms with E-state index in [0.29, 0.717) is 0 Å². The zero-order valence-electron chi connectivity index (χ0n) is 7.24. The molecule has 0 aliphatic heterocycles. The van der Waals surface area contributed by atoms with Gasteiger partial charge in [0.05, 0.1) is 5.75 Å². The van der Waals surface area contributed by atoms with Crippen LogP contribution in [0.4, 0.5) is 0 Å². The summed E-state index contributed by atoms with van der Waals surface area (Å²) >= 11 is 1.62. The van der Waals surface area contributed by atoms with E-state index in [-0.39, 0.29) is 0 Å². The molecule has 0 atom stereocenters. The Hall–Kier alpha value is -0.950. The van der Waals surface area contributed by atoms with Gasteiger partial charge in [0.2, 0.25) is 0 Å². The van der Waals surface area contributed by atoms with Crippen molar-refractivity contribution in [3.05, 3.63) is 6.33 Å². The highest BCUT2D eigenvalue weighted by Crippen LogP contribution is 2.12. The van der Waals surface area contributed by atoms with Crippen LogP contribution in [-0.4, -0.2) is 20.5 Å². The molecule has 0 N–H and O–H groups in total. The van der Waals surface area contributed by atoms with E-state index in [4.69, 9.17) is 0 Å². The Kier molecular flexibility index (Phi) is 3.68. The Labute approximate surface area is 76.6 Å². The molecule has 0 saturated carbocycles. The summed E-state index contributed by atoms with van der Waals surface area (Å²) in [5.41, 5.74) is 0. The van der Waals surface area contributed by atoms with E-state index in [1.54, 1.807) is 18.1 Å². The van der Waals surface area contributed by atoms with Crippen molar-refractivity contribution in [3.63, 3.8) is 0 Å². The van der Waals surface area contributed by atoms with E-state index >= 15 is 0 Å². The van der Waals surface area contributed by atoms with Gasteiger partial charge >= 0.3 is 0 Å². The Balaban J connectivity index is 2.54. The van der Waals surface area contributed by atoms with E-state index < -0.39 is 0 Å². The number of hydrogen-bond acceptors (Lipinski definition) is 3. The fourth-order valence-electron chi connectivity index (χ4n) is 0.746. The van der Waals surface area contributed by atoms with Crippen molar-refractivity contribution in [3.8, 4) is 11.8 Å². The average Bonchev–Trinajstić information content (AvgIpc) is 2.52. The Morgan fingerprint density at radius 1 is 1.67 bits per heavy atom. The molecule has 0 aliphatic carbocycles. The fraction of sp³-hybridized carbons (Fsp3) is 0.500. The standard InChI is InChI=1S/C8H11N3S/c1-3-5-6-12-8-10-9-7-11(8)4-2/h7H,4,6H2,1-2H3. The molecule has 0 radical (unpaired) electrons. The highest BCUT2D eigenvalue weighted by molar-refractivity contribution is 7.99. The van der Waals surface area contributed by atoms with Crippen LogP contribution in [0.3, 0.4) is 0 Å². The van der Waals surface area contributed by atoms with Crippen LogP contribution in [0.5, 0.6) is 0 Å². The number of aromatic nitrogens is 3. The molecule has 3 nitrogen and oxygen atoms in total. The molecule has 1 aromatic rings. The zero-order valence-corrected chi connectivity index (χ0v) is 8.06. The van der Waals surface area contributed by atoms with Crippen molar-refractivity contribution in [2.45, 2.75) is 25.5 Å². The predicted molar refractivity (Wildman–Crippen MR) is 49.9 cm³/mol. The number of aryl methyl sites for hydroxylation is 1. The van der Waals surface area contributed by atoms with Crippen molar-refractivity contribution < 1.29 is 0 Å². The molecule has 0 aliphatic rings. The van der Waals surface area contributed by atoms with Gasteiger partial charge in [0.25, 0.3) is 0 Å². The number of rotatable bonds is 3. The maximum Gasteiger partial charge on any atom is 0.191 e. The molecule has 1 rings (SSSR count). The Morgan fingerprint density at radius 2 is 2.50 bits per heavy atom. The fourth-order valence-corrected chi connectivity index (χ4v) is 1.54. The highest BCUT2D eigenvalue weighted by atomic mass is 32.2. The molecule has 0 amide bonds. The molecule has 0 bridgehead atoms. The summed E-state index contributed by atoms with van der Waals surface area (Å²) in [7, 11) is 0. The van der Waals surface area contributed by atoms with Crippen LogP contribution < -0.4 is 0 Å². The van der Waals surface area contributed by atoms with E-state index in [0.717, 1.165) is 17.5 Å². The first kappa shape index (κ1) is 9.14. The SMILES string of the molecule is CC#CCSc1nncn1CC. The summed E-state index contributed by atoms with van der Waals surface area (Å²) in [5.74, 6) is 6.60. The summed E-state index contributed by atoms with van der Waals surface area (Å²) in [5, 5.41) is 8.73. The minimum atomic E-state index is 0.787. The second-order valence-electron chi connectivity index (χ2n) is 2.11. The van der Waals surface area contributed by atoms with Crippen LogP contribution in [0.25, 0.3) is 0 Å². The normalized spacial score (nSPS) is 9.17. The lowest BCUT2D eigenvalue weighted by atomic mass is 10.7. The van der Waals surface area contributed by atoms with E-state index in [1.165, 1.54) is 0 Å². The van der Waals surface area contributed by atoms with Gasteiger partial charge in [-0.1, -0.05) is 17.7 Å². The summed E-state index contributed by atoms with van der Waals surface area (Å²) in [6.45, 7) is 4.82. The average molecular weight is 181 g/mol. The Morgan fingerprint density at radius 3 is 3.17 bits per heavy atom. The third kappa shape index (κ3) is 2.28. The van der Waals surface area contributed by atoms with Crippen molar-refractivity contribution in [2.75, 3.05) is 5.75 Å². The monoisotopic (exact) mass is 181 g/mol. The zero-order chi connectivity index (χ0) is 8.81. The molecule has 1 heterocycles. The van der Waals surface area contributed by atoms with Crippen LogP contribution in [0.2, 0.25) is 0 Å². The van der Waals surface area contributed by atoms with Gasteiger partial charge in [-0.3, -0.25) is 0 Å². The number of thioether (sulfide) groups is 1. The van der Waals surface area contributed by atoms with Crippen LogP contribution in [0.1, 0.15) is 13.8 Å². The van der Waals surface area contributed by atoms with E-state index in [2.05, 4.69) is 29.0 Å². The molecular weight excluding hydrogens is 170 g/mol. The quantitative estimate of drug-likeness (QED) is 0.522. The number of hydrogen-bond donors (Lipinski definition) is 0. The first-order valence-electron chi connectivity index (χ1n) is 3.78. The second-order valence-corrected chi connectivity index (χ2v) is 3.06. The topological polar surface area (TPSA) is 30.7 Å². The lowest BCUT2D eigenvalue weighted by molar-refractivity contribution is 0.681. The lowest BCUT2D eigenvalue weighted by Crippen LogP contribution is -1.94. The van der Waals surface area contributed by atoms with Crippen molar-refractivity contribution >= 4 is 11.8 Å². The van der Waals surface area contributed by atoms with Gasteiger partial charge in [0.15, 0.2) is 5.16 Å². The smallest absolute Gasteiger partial charge is 0.191 e. The second kappa shape index (κ2) is 4.83. The summed E-state index contributed by atoms with van der Waals surface area (Å²) in [4.78, 5) is 0. The molecule has 0 aromatic carbocycles. The number of nitrogens with zero attached hydrogens (tertiary/aromatic N) is 3. The van der Waals surface area contributed by atoms with Crippen molar-refractivity contribution in [1.82, 2.24) is 14.8 Å². The van der Waals surface area contributed by atoms with E-state index in [1.807, 2.05) is 11.5 Å². The molecular formula is C8H11N3S. The molecule has 1 aromatic heterocycles.